The van der Waals surface area contributed by atoms with Gasteiger partial charge in [-0.3, -0.25) is 0 Å². The lowest BCUT2D eigenvalue weighted by Crippen LogP contribution is -2.21. The van der Waals surface area contributed by atoms with E-state index in [1.54, 1.807) is 24.3 Å². The molecule has 15 nitrogen and oxygen atoms in total. The number of benzene rings is 4. The fourth-order valence-electron chi connectivity index (χ4n) is 5.79. The quantitative estimate of drug-likeness (QED) is 0.0885. The average Bonchev–Trinajstić information content (AvgIpc) is 4.07. The summed E-state index contributed by atoms with van der Waals surface area (Å²) < 4.78 is 1.96. The summed E-state index contributed by atoms with van der Waals surface area (Å²) in [6, 6.07) is 34.7. The van der Waals surface area contributed by atoms with Crippen LogP contribution in [-0.4, -0.2) is 58.3 Å². The van der Waals surface area contributed by atoms with Crippen LogP contribution in [-0.2, 0) is 0 Å². The minimum Gasteiger partial charge on any atom is -0.478 e. The second kappa shape index (κ2) is 22.3. The van der Waals surface area contributed by atoms with Crippen molar-refractivity contribution in [2.45, 2.75) is 27.7 Å². The van der Waals surface area contributed by atoms with Crippen LogP contribution in [0.25, 0.3) is 19.1 Å². The zero-order chi connectivity index (χ0) is 44.7. The molecule has 8 rings (SSSR count). The number of aromatic nitrogens is 2. The minimum absolute atomic E-state index is 0.214. The highest BCUT2D eigenvalue weighted by molar-refractivity contribution is 7.31. The van der Waals surface area contributed by atoms with Crippen LogP contribution < -0.4 is 15.5 Å². The van der Waals surface area contributed by atoms with Gasteiger partial charge in [0.15, 0.2) is 5.13 Å². The van der Waals surface area contributed by atoms with Crippen LogP contribution >= 0.6 is 45.3 Å². The van der Waals surface area contributed by atoms with Crippen molar-refractivity contribution in [2.75, 3.05) is 41.7 Å². The maximum atomic E-state index is 10.9. The lowest BCUT2D eigenvalue weighted by atomic mass is 10.2. The number of aromatic carboxylic acids is 2. The van der Waals surface area contributed by atoms with Crippen LogP contribution in [0.3, 0.4) is 0 Å². The van der Waals surface area contributed by atoms with Gasteiger partial charge < -0.3 is 25.7 Å². The zero-order valence-electron chi connectivity index (χ0n) is 34.7. The Hall–Kier alpha value is -6.80. The number of thiazole rings is 2. The van der Waals surface area contributed by atoms with E-state index in [4.69, 9.17) is 15.9 Å². The molecule has 4 N–H and O–H groups in total. The molecule has 0 fully saturated rings. The summed E-state index contributed by atoms with van der Waals surface area (Å²) in [5.41, 5.74) is 10.5. The maximum Gasteiger partial charge on any atom is 0.335 e. The first-order chi connectivity index (χ1) is 30.5. The lowest BCUT2D eigenvalue weighted by Gasteiger charge is -2.20. The number of carboxylic acid groups (broad SMARTS) is 2. The second-order valence-electron chi connectivity index (χ2n) is 13.1. The molecule has 63 heavy (non-hydrogen) atoms. The van der Waals surface area contributed by atoms with Gasteiger partial charge in [0.25, 0.3) is 0 Å². The Balaban J connectivity index is 0.000000180. The number of azo groups is 3. The van der Waals surface area contributed by atoms with E-state index < -0.39 is 11.9 Å². The Morgan fingerprint density at radius 2 is 0.937 bits per heavy atom. The van der Waals surface area contributed by atoms with Crippen LogP contribution in [0.1, 0.15) is 48.4 Å². The molecule has 4 aromatic heterocycles. The lowest BCUT2D eigenvalue weighted by molar-refractivity contribution is 0.0686. The van der Waals surface area contributed by atoms with E-state index in [0.717, 1.165) is 60.9 Å². The normalized spacial score (nSPS) is 11.2. The molecule has 0 aliphatic heterocycles. The number of thiophene rings is 2. The number of hydrogen-bond donors (Lipinski definition) is 3. The molecule has 0 bridgehead atoms. The van der Waals surface area contributed by atoms with E-state index in [0.29, 0.717) is 21.6 Å². The average molecular weight is 918 g/mol. The molecule has 0 aliphatic carbocycles. The first-order valence-electron chi connectivity index (χ1n) is 19.7. The smallest absolute Gasteiger partial charge is 0.335 e. The number of carbonyl (C=O) groups is 2. The molecule has 8 aromatic rings. The van der Waals surface area contributed by atoms with Crippen molar-refractivity contribution in [1.29, 1.82) is 0 Å². The van der Waals surface area contributed by atoms with Crippen molar-refractivity contribution in [2.24, 2.45) is 30.7 Å². The fourth-order valence-corrected chi connectivity index (χ4v) is 9.45. The van der Waals surface area contributed by atoms with Crippen molar-refractivity contribution in [3.63, 3.8) is 0 Å². The summed E-state index contributed by atoms with van der Waals surface area (Å²) in [6.07, 6.45) is 0. The number of nitrogens with two attached hydrogens (primary N) is 1. The van der Waals surface area contributed by atoms with Crippen molar-refractivity contribution >= 4 is 125 Å². The third-order valence-electron chi connectivity index (χ3n) is 9.03. The molecule has 0 unspecified atom stereocenters. The molecule has 0 saturated carbocycles. The number of fused-ring (bicyclic) bond motifs is 2. The standard InChI is InChI=1S/C22H20N6O2S2.C12H8N4O2S2.C10H15N/c1-3-28(4-2)17-11-9-16(10-12-17)25-27-22-23-20-18(31-22)13-19(32-20)26-24-15-7-5-14(6-8-15)21(29)30;13-12-14-10-8(19-12)5-9(20-10)16-15-7-3-1-6(2-4-7)11(17)18;1-3-11(4-2)10-8-6-5-7-9-10/h5-13H,3-4H2,1-2H3,(H,29,30);1-5H,(H2,13,14)(H,17,18);5-9H,3-4H2,1-2H3. The van der Waals surface area contributed by atoms with Crippen LogP contribution in [0.2, 0.25) is 0 Å². The summed E-state index contributed by atoms with van der Waals surface area (Å²) in [5, 5.41) is 45.4. The Kier molecular flexibility index (Phi) is 16.2. The molecular weight excluding hydrogens is 875 g/mol. The first kappa shape index (κ1) is 45.7. The summed E-state index contributed by atoms with van der Waals surface area (Å²) in [5.74, 6) is -1.93. The van der Waals surface area contributed by atoms with Gasteiger partial charge in [-0.15, -0.1) is 30.7 Å². The van der Waals surface area contributed by atoms with Crippen LogP contribution in [0.5, 0.6) is 0 Å². The van der Waals surface area contributed by atoms with Gasteiger partial charge in [0, 0.05) is 37.6 Å². The fraction of sp³-hybridized carbons (Fsp3) is 0.182. The highest BCUT2D eigenvalue weighted by atomic mass is 32.1. The van der Waals surface area contributed by atoms with Crippen molar-refractivity contribution in [3.8, 4) is 0 Å². The van der Waals surface area contributed by atoms with Crippen molar-refractivity contribution in [1.82, 2.24) is 9.97 Å². The number of para-hydroxylation sites is 1. The number of nitrogens with zero attached hydrogens (tertiary/aromatic N) is 10. The Morgan fingerprint density at radius 3 is 1.37 bits per heavy atom. The van der Waals surface area contributed by atoms with E-state index in [1.165, 1.54) is 81.0 Å². The number of nitrogen functional groups attached to an aromatic ring is 1. The van der Waals surface area contributed by atoms with E-state index >= 15 is 0 Å². The van der Waals surface area contributed by atoms with Crippen molar-refractivity contribution < 1.29 is 19.8 Å². The van der Waals surface area contributed by atoms with Gasteiger partial charge in [-0.05, 0) is 125 Å². The van der Waals surface area contributed by atoms with Gasteiger partial charge in [-0.25, -0.2) is 19.6 Å². The molecule has 0 amide bonds. The Bertz CT molecular complexity index is 2750. The van der Waals surface area contributed by atoms with Gasteiger partial charge in [-0.2, -0.15) is 0 Å². The van der Waals surface area contributed by atoms with Crippen LogP contribution in [0, 0.1) is 0 Å². The summed E-state index contributed by atoms with van der Waals surface area (Å²) >= 11 is 5.68. The summed E-state index contributed by atoms with van der Waals surface area (Å²) in [6.45, 7) is 12.7. The number of rotatable bonds is 14. The van der Waals surface area contributed by atoms with Crippen molar-refractivity contribution in [3.05, 3.63) is 126 Å². The first-order valence-corrected chi connectivity index (χ1v) is 22.9. The van der Waals surface area contributed by atoms with E-state index in [2.05, 4.69) is 102 Å². The highest BCUT2D eigenvalue weighted by Gasteiger charge is 2.10. The number of anilines is 3. The SMILES string of the molecule is CCN(CC)c1ccc(N=Nc2nc3sc(N=Nc4ccc(C(=O)O)cc4)cc3s2)cc1.CCN(CC)c1ccccc1.Nc1nc2sc(N=Nc3ccc(C(=O)O)cc3)cc2s1. The third kappa shape index (κ3) is 12.9. The predicted molar refractivity (Wildman–Crippen MR) is 259 cm³/mol. The summed E-state index contributed by atoms with van der Waals surface area (Å²) in [4.78, 5) is 36.6. The minimum atomic E-state index is -0.970. The van der Waals surface area contributed by atoms with Crippen LogP contribution in [0.4, 0.5) is 48.7 Å². The molecule has 0 saturated heterocycles. The Labute approximate surface area is 379 Å². The molecule has 0 radical (unpaired) electrons. The van der Waals surface area contributed by atoms with Gasteiger partial charge in [-0.1, -0.05) is 63.5 Å². The Morgan fingerprint density at radius 1 is 0.524 bits per heavy atom. The molecule has 4 heterocycles. The number of carboxylic acids is 2. The molecule has 4 aromatic carbocycles. The largest absolute Gasteiger partial charge is 0.478 e. The van der Waals surface area contributed by atoms with Gasteiger partial charge >= 0.3 is 11.9 Å². The van der Waals surface area contributed by atoms with E-state index in [1.807, 2.05) is 42.5 Å². The monoisotopic (exact) mass is 917 g/mol. The van der Waals surface area contributed by atoms with Gasteiger partial charge in [0.1, 0.15) is 19.7 Å². The van der Waals surface area contributed by atoms with E-state index in [-0.39, 0.29) is 11.1 Å². The van der Waals surface area contributed by atoms with Crippen LogP contribution in [0.15, 0.2) is 146 Å². The topological polar surface area (TPSA) is 207 Å². The van der Waals surface area contributed by atoms with E-state index in [9.17, 15) is 9.59 Å². The maximum absolute atomic E-state index is 10.9. The highest BCUT2D eigenvalue weighted by Crippen LogP contribution is 2.39. The molecular formula is C44H43N11O4S4. The summed E-state index contributed by atoms with van der Waals surface area (Å²) in [7, 11) is 0. The molecule has 322 valence electrons. The predicted octanol–water partition coefficient (Wildman–Crippen LogP) is 14.3. The number of hydrogen-bond acceptors (Lipinski definition) is 17. The molecule has 0 atom stereocenters. The second-order valence-corrected chi connectivity index (χ2v) is 17.1. The third-order valence-corrected chi connectivity index (χ3v) is 12.8. The zero-order valence-corrected chi connectivity index (χ0v) is 38.0. The molecule has 0 spiro atoms. The van der Waals surface area contributed by atoms with Gasteiger partial charge in [0.05, 0.1) is 37.6 Å². The molecule has 19 heteroatoms. The van der Waals surface area contributed by atoms with Gasteiger partial charge in [0.2, 0.25) is 5.13 Å². The molecule has 0 aliphatic rings.